The molecule has 20 heteroatoms. The molecule has 0 unspecified atom stereocenters. The number of ether oxygens (including phenoxy) is 3. The zero-order valence-corrected chi connectivity index (χ0v) is 36.6. The van der Waals surface area contributed by atoms with Crippen LogP contribution in [0.5, 0.6) is 5.75 Å². The predicted molar refractivity (Wildman–Crippen MR) is 213 cm³/mol. The van der Waals surface area contributed by atoms with Gasteiger partial charge in [-0.3, -0.25) is 18.7 Å². The van der Waals surface area contributed by atoms with Gasteiger partial charge in [-0.15, -0.1) is 0 Å². The van der Waals surface area contributed by atoms with Gasteiger partial charge >= 0.3 is 27.3 Å². The van der Waals surface area contributed by atoms with Gasteiger partial charge in [-0.2, -0.15) is 0 Å². The Labute approximate surface area is 338 Å². The Balaban J connectivity index is 1.45. The molecule has 0 bridgehead atoms. The number of piperidine rings is 1. The number of hydrogen-bond acceptors (Lipinski definition) is 14. The van der Waals surface area contributed by atoms with Crippen LogP contribution in [0.25, 0.3) is 10.9 Å². The average Bonchev–Trinajstić information content (AvgIpc) is 3.90. The van der Waals surface area contributed by atoms with Crippen LogP contribution in [0.2, 0.25) is 0 Å². The fourth-order valence-corrected chi connectivity index (χ4v) is 12.6. The molecule has 0 radical (unpaired) electrons. The van der Waals surface area contributed by atoms with Crippen molar-refractivity contribution in [3.63, 3.8) is 0 Å². The van der Waals surface area contributed by atoms with Crippen molar-refractivity contribution in [3.05, 3.63) is 33.9 Å². The summed E-state index contributed by atoms with van der Waals surface area (Å²) in [6, 6.07) is 0.707. The van der Waals surface area contributed by atoms with E-state index in [4.69, 9.17) is 32.3 Å². The number of carbonyl (C=O) groups is 3. The smallest absolute Gasteiger partial charge is 0.410 e. The Morgan fingerprint density at radius 3 is 2.02 bits per heavy atom. The molecule has 1 aromatic carbocycles. The van der Waals surface area contributed by atoms with Crippen LogP contribution >= 0.6 is 15.2 Å². The number of hydrogen-bond donors (Lipinski definition) is 1. The summed E-state index contributed by atoms with van der Waals surface area (Å²) >= 11 is 0. The molecule has 324 valence electrons. The van der Waals surface area contributed by atoms with E-state index in [2.05, 4.69) is 5.32 Å². The number of rotatable bonds is 17. The number of methoxy groups -OCH3 is 1. The van der Waals surface area contributed by atoms with Gasteiger partial charge in [0.2, 0.25) is 10.4 Å². The van der Waals surface area contributed by atoms with Crippen LogP contribution in [0.4, 0.5) is 14.9 Å². The summed E-state index contributed by atoms with van der Waals surface area (Å²) in [6.45, 7) is 12.3. The van der Waals surface area contributed by atoms with Crippen LogP contribution < -0.4 is 20.4 Å². The second kappa shape index (κ2) is 18.0. The summed E-state index contributed by atoms with van der Waals surface area (Å²) in [7, 11) is -7.59. The van der Waals surface area contributed by atoms with Crippen LogP contribution in [0.1, 0.15) is 97.5 Å². The van der Waals surface area contributed by atoms with Crippen LogP contribution in [0, 0.1) is 11.7 Å². The molecule has 3 fully saturated rings. The van der Waals surface area contributed by atoms with E-state index < -0.39 is 67.2 Å². The number of amides is 2. The number of carbonyl (C=O) groups excluding carboxylic acids is 3. The third kappa shape index (κ3) is 8.97. The van der Waals surface area contributed by atoms with E-state index in [1.807, 2.05) is 4.90 Å². The van der Waals surface area contributed by atoms with E-state index in [0.29, 0.717) is 38.0 Å². The highest BCUT2D eigenvalue weighted by Gasteiger charge is 2.63. The van der Waals surface area contributed by atoms with E-state index in [9.17, 15) is 28.3 Å². The Morgan fingerprint density at radius 2 is 1.50 bits per heavy atom. The van der Waals surface area contributed by atoms with E-state index in [1.165, 1.54) is 41.0 Å². The van der Waals surface area contributed by atoms with Crippen molar-refractivity contribution in [1.29, 1.82) is 0 Å². The summed E-state index contributed by atoms with van der Waals surface area (Å²) in [5.74, 6) is -2.86. The lowest BCUT2D eigenvalue weighted by molar-refractivity contribution is -0.125. The lowest BCUT2D eigenvalue weighted by atomic mass is 9.92. The van der Waals surface area contributed by atoms with Gasteiger partial charge in [-0.1, -0.05) is 0 Å². The van der Waals surface area contributed by atoms with Gasteiger partial charge in [0, 0.05) is 31.9 Å². The molecule has 17 nitrogen and oxygen atoms in total. The molecule has 2 saturated heterocycles. The summed E-state index contributed by atoms with van der Waals surface area (Å²) in [5, 5.41) is -0.139. The van der Waals surface area contributed by atoms with Gasteiger partial charge in [-0.05, 0) is 93.1 Å². The minimum atomic E-state index is -4.49. The van der Waals surface area contributed by atoms with Crippen molar-refractivity contribution in [3.8, 4) is 5.75 Å². The summed E-state index contributed by atoms with van der Waals surface area (Å²) in [4.78, 5) is 57.8. The lowest BCUT2D eigenvalue weighted by Gasteiger charge is -2.39. The molecule has 2 aliphatic heterocycles. The topological polar surface area (TPSA) is 190 Å². The van der Waals surface area contributed by atoms with Gasteiger partial charge in [-0.25, -0.2) is 14.0 Å². The molecule has 2 atom stereocenters. The quantitative estimate of drug-likeness (QED) is 0.129. The molecule has 2 amide bonds. The molecule has 3 aliphatic rings. The average molecular weight is 859 g/mol. The number of pyridine rings is 1. The van der Waals surface area contributed by atoms with Gasteiger partial charge in [0.05, 0.1) is 50.5 Å². The number of benzene rings is 1. The Kier molecular flexibility index (Phi) is 14.1. The second-order valence-corrected chi connectivity index (χ2v) is 20.7. The third-order valence-electron chi connectivity index (χ3n) is 10.3. The molecular weight excluding hydrogens is 801 g/mol. The molecule has 0 spiro atoms. The number of esters is 1. The monoisotopic (exact) mass is 858 g/mol. The van der Waals surface area contributed by atoms with Crippen molar-refractivity contribution in [2.24, 2.45) is 5.92 Å². The molecule has 1 aromatic heterocycles. The van der Waals surface area contributed by atoms with Crippen molar-refractivity contribution in [2.75, 3.05) is 64.7 Å². The number of aromatic nitrogens is 1. The third-order valence-corrected chi connectivity index (χ3v) is 16.5. The second-order valence-electron chi connectivity index (χ2n) is 15.5. The maximum atomic E-state index is 16.4. The Hall–Kier alpha value is -3.53. The number of fused-ring (bicyclic) bond motifs is 2. The first-order valence-electron chi connectivity index (χ1n) is 19.8. The fourth-order valence-electron chi connectivity index (χ4n) is 7.68. The Morgan fingerprint density at radius 1 is 0.914 bits per heavy atom. The van der Waals surface area contributed by atoms with E-state index in [1.54, 1.807) is 30.2 Å². The van der Waals surface area contributed by atoms with Gasteiger partial charge in [0.15, 0.2) is 18.2 Å². The minimum Gasteiger partial charge on any atom is -0.492 e. The maximum absolute atomic E-state index is 16.4. The standard InChI is InChI=1S/C38H57FN4O13P2/c1-10-52-57(48,53-11-2)38(8,58(49,54-12-3)55-13-4)40-30(44)23-51-35(46)27-21-43(25-16-17-25)31-26(33(27)45)19-28(39)32(34(31)50-9)41-20-24-15-14-18-42(29(24)22-41)36(47)56-37(5,6)7/h19,21,24-25,29H,10-18,20,22-23H2,1-9H3,(H,40,44)/t24-,29+/m0/s1. The van der Waals surface area contributed by atoms with Crippen LogP contribution in [-0.2, 0) is 41.5 Å². The first kappa shape index (κ1) is 45.6. The molecule has 1 saturated carbocycles. The molecule has 1 aliphatic carbocycles. The van der Waals surface area contributed by atoms with E-state index in [-0.39, 0.29) is 61.3 Å². The number of likely N-dealkylation sites (tertiary alicyclic amines) is 1. The zero-order chi connectivity index (χ0) is 42.8. The number of nitrogens with one attached hydrogen (secondary N) is 1. The van der Waals surface area contributed by atoms with Gasteiger partial charge in [0.1, 0.15) is 16.9 Å². The SMILES string of the molecule is CCOP(=O)(OCC)C(C)(NC(=O)COC(=O)c1cn(C2CC2)c2c(OC)c(N3C[C@@H]4CCCN(C(=O)OC(C)(C)C)[C@@H]4C3)c(F)cc2c1=O)P(=O)(OCC)OCC. The highest BCUT2D eigenvalue weighted by Crippen LogP contribution is 2.76. The number of nitrogens with zero attached hydrogens (tertiary/aromatic N) is 3. The first-order chi connectivity index (χ1) is 27.3. The minimum absolute atomic E-state index is 0.0504. The maximum Gasteiger partial charge on any atom is 0.410 e. The van der Waals surface area contributed by atoms with Crippen molar-refractivity contribution < 1.29 is 60.2 Å². The van der Waals surface area contributed by atoms with Crippen LogP contribution in [-0.4, -0.2) is 104 Å². The molecular formula is C38H57FN4O13P2. The number of anilines is 1. The highest BCUT2D eigenvalue weighted by atomic mass is 31.2. The normalized spacial score (nSPS) is 18.9. The van der Waals surface area contributed by atoms with Crippen LogP contribution in [0.3, 0.4) is 0 Å². The predicted octanol–water partition coefficient (Wildman–Crippen LogP) is 6.80. The molecule has 58 heavy (non-hydrogen) atoms. The molecule has 1 N–H and O–H groups in total. The fraction of sp³-hybridized carbons (Fsp3) is 0.684. The largest absolute Gasteiger partial charge is 0.492 e. The Bertz CT molecular complexity index is 1980. The summed E-state index contributed by atoms with van der Waals surface area (Å²) < 4.78 is 85.1. The van der Waals surface area contributed by atoms with Crippen molar-refractivity contribution in [2.45, 2.75) is 104 Å². The zero-order valence-electron chi connectivity index (χ0n) is 34.8. The summed E-state index contributed by atoms with van der Waals surface area (Å²) in [5.41, 5.74) is -1.56. The van der Waals surface area contributed by atoms with Crippen LogP contribution in [0.15, 0.2) is 17.1 Å². The first-order valence-corrected chi connectivity index (χ1v) is 22.9. The number of halogens is 1. The van der Waals surface area contributed by atoms with Gasteiger partial charge < -0.3 is 52.0 Å². The molecule has 3 heterocycles. The van der Waals surface area contributed by atoms with Crippen molar-refractivity contribution in [1.82, 2.24) is 14.8 Å². The molecule has 2 aromatic rings. The lowest BCUT2D eigenvalue weighted by Crippen LogP contribution is -2.50. The van der Waals surface area contributed by atoms with Crippen molar-refractivity contribution >= 4 is 49.8 Å². The van der Waals surface area contributed by atoms with Gasteiger partial charge in [0.25, 0.3) is 5.91 Å². The van der Waals surface area contributed by atoms with E-state index >= 15 is 4.39 Å². The van der Waals surface area contributed by atoms with E-state index in [0.717, 1.165) is 25.8 Å². The summed E-state index contributed by atoms with van der Waals surface area (Å²) in [6.07, 6.45) is 3.93. The highest BCUT2D eigenvalue weighted by molar-refractivity contribution is 7.74. The molecule has 5 rings (SSSR count).